The third-order valence-electron chi connectivity index (χ3n) is 6.38. The van der Waals surface area contributed by atoms with E-state index >= 15 is 0 Å². The lowest BCUT2D eigenvalue weighted by Gasteiger charge is -2.31. The van der Waals surface area contributed by atoms with E-state index in [-0.39, 0.29) is 18.4 Å². The fourth-order valence-electron chi connectivity index (χ4n) is 3.99. The number of anilines is 1. The lowest BCUT2D eigenvalue weighted by molar-refractivity contribution is -0.139. The summed E-state index contributed by atoms with van der Waals surface area (Å²) in [5.41, 5.74) is 3.25. The number of rotatable bonds is 13. The van der Waals surface area contributed by atoms with Crippen molar-refractivity contribution in [3.63, 3.8) is 0 Å². The summed E-state index contributed by atoms with van der Waals surface area (Å²) in [6.45, 7) is 8.17. The molecule has 0 fully saturated rings. The number of carbonyl (C=O) groups is 2. The Bertz CT molecular complexity index is 1360. The van der Waals surface area contributed by atoms with Crippen LogP contribution < -0.4 is 14.4 Å². The molecule has 0 aromatic heterocycles. The molecule has 1 atom stereocenters. The standard InChI is InChI=1S/C31H39N3O5S/c1-23(2)19-32-31(36)25(4)33(20-26-13-11-24(3)12-14-26)30(35)21-34(40(5,37)38)28-15-17-29(18-16-28)39-22-27-9-7-6-8-10-27/h6-18,23,25H,19-22H2,1-5H3,(H,32,36). The van der Waals surface area contributed by atoms with Gasteiger partial charge in [0.25, 0.3) is 0 Å². The third-order valence-corrected chi connectivity index (χ3v) is 7.52. The second-order valence-corrected chi connectivity index (χ2v) is 12.3. The van der Waals surface area contributed by atoms with E-state index < -0.39 is 28.5 Å². The fraction of sp³-hybridized carbons (Fsp3) is 0.355. The van der Waals surface area contributed by atoms with Gasteiger partial charge in [0.1, 0.15) is 24.9 Å². The number of amides is 2. The first-order valence-electron chi connectivity index (χ1n) is 13.3. The van der Waals surface area contributed by atoms with Crippen LogP contribution in [-0.2, 0) is 32.8 Å². The molecule has 0 bridgehead atoms. The number of hydrogen-bond acceptors (Lipinski definition) is 5. The molecule has 0 saturated carbocycles. The molecule has 1 unspecified atom stereocenters. The minimum Gasteiger partial charge on any atom is -0.489 e. The van der Waals surface area contributed by atoms with E-state index in [1.54, 1.807) is 31.2 Å². The van der Waals surface area contributed by atoms with Crippen molar-refractivity contribution < 1.29 is 22.7 Å². The molecule has 8 nitrogen and oxygen atoms in total. The predicted octanol–water partition coefficient (Wildman–Crippen LogP) is 4.53. The van der Waals surface area contributed by atoms with Crippen LogP contribution in [0.1, 0.15) is 37.5 Å². The molecular weight excluding hydrogens is 526 g/mol. The molecule has 0 aliphatic heterocycles. The van der Waals surface area contributed by atoms with E-state index in [1.165, 1.54) is 4.90 Å². The molecular formula is C31H39N3O5S. The van der Waals surface area contributed by atoms with Crippen LogP contribution in [0.2, 0.25) is 0 Å². The Kier molecular flexibility index (Phi) is 10.7. The van der Waals surface area contributed by atoms with Crippen LogP contribution in [0, 0.1) is 12.8 Å². The Morgan fingerprint density at radius 3 is 2.08 bits per heavy atom. The number of aryl methyl sites for hydroxylation is 1. The highest BCUT2D eigenvalue weighted by molar-refractivity contribution is 7.92. The lowest BCUT2D eigenvalue weighted by Crippen LogP contribution is -2.51. The van der Waals surface area contributed by atoms with Gasteiger partial charge in [-0.3, -0.25) is 13.9 Å². The van der Waals surface area contributed by atoms with Crippen molar-refractivity contribution in [2.45, 2.75) is 46.9 Å². The summed E-state index contributed by atoms with van der Waals surface area (Å²) < 4.78 is 32.5. The Morgan fingerprint density at radius 1 is 0.875 bits per heavy atom. The molecule has 0 aliphatic rings. The van der Waals surface area contributed by atoms with E-state index in [4.69, 9.17) is 4.74 Å². The summed E-state index contributed by atoms with van der Waals surface area (Å²) in [7, 11) is -3.82. The van der Waals surface area contributed by atoms with E-state index in [2.05, 4.69) is 5.32 Å². The van der Waals surface area contributed by atoms with Crippen LogP contribution in [0.25, 0.3) is 0 Å². The fourth-order valence-corrected chi connectivity index (χ4v) is 4.84. The second-order valence-electron chi connectivity index (χ2n) is 10.4. The van der Waals surface area contributed by atoms with Gasteiger partial charge in [0.2, 0.25) is 21.8 Å². The molecule has 3 rings (SSSR count). The average Bonchev–Trinajstić information content (AvgIpc) is 2.93. The molecule has 9 heteroatoms. The van der Waals surface area contributed by atoms with Gasteiger partial charge in [-0.05, 0) is 55.2 Å². The molecule has 40 heavy (non-hydrogen) atoms. The zero-order valence-corrected chi connectivity index (χ0v) is 24.6. The first-order valence-corrected chi connectivity index (χ1v) is 15.2. The summed E-state index contributed by atoms with van der Waals surface area (Å²) in [5.74, 6) is 0.0455. The number of nitrogens with zero attached hydrogens (tertiary/aromatic N) is 2. The van der Waals surface area contributed by atoms with Crippen molar-refractivity contribution in [1.82, 2.24) is 10.2 Å². The highest BCUT2D eigenvalue weighted by Crippen LogP contribution is 2.23. The Morgan fingerprint density at radius 2 is 1.50 bits per heavy atom. The number of carbonyl (C=O) groups excluding carboxylic acids is 2. The highest BCUT2D eigenvalue weighted by Gasteiger charge is 2.30. The Labute approximate surface area is 238 Å². The smallest absolute Gasteiger partial charge is 0.244 e. The van der Waals surface area contributed by atoms with Gasteiger partial charge in [-0.1, -0.05) is 74.0 Å². The van der Waals surface area contributed by atoms with Gasteiger partial charge >= 0.3 is 0 Å². The topological polar surface area (TPSA) is 96.0 Å². The van der Waals surface area contributed by atoms with E-state index in [0.29, 0.717) is 24.6 Å². The molecule has 0 spiro atoms. The van der Waals surface area contributed by atoms with Gasteiger partial charge in [0, 0.05) is 13.1 Å². The van der Waals surface area contributed by atoms with Crippen LogP contribution in [0.4, 0.5) is 5.69 Å². The predicted molar refractivity (Wildman–Crippen MR) is 158 cm³/mol. The van der Waals surface area contributed by atoms with Crippen molar-refractivity contribution in [3.05, 3.63) is 95.6 Å². The number of hydrogen-bond donors (Lipinski definition) is 1. The largest absolute Gasteiger partial charge is 0.489 e. The highest BCUT2D eigenvalue weighted by atomic mass is 32.2. The average molecular weight is 566 g/mol. The summed E-state index contributed by atoms with van der Waals surface area (Å²) >= 11 is 0. The van der Waals surface area contributed by atoms with Crippen LogP contribution in [0.5, 0.6) is 5.75 Å². The van der Waals surface area contributed by atoms with Gasteiger partial charge in [0.05, 0.1) is 11.9 Å². The maximum absolute atomic E-state index is 13.7. The van der Waals surface area contributed by atoms with Crippen LogP contribution in [0.15, 0.2) is 78.9 Å². The van der Waals surface area contributed by atoms with Gasteiger partial charge in [-0.15, -0.1) is 0 Å². The van der Waals surface area contributed by atoms with Crippen molar-refractivity contribution >= 4 is 27.5 Å². The Hall–Kier alpha value is -3.85. The summed E-state index contributed by atoms with van der Waals surface area (Å²) in [5, 5.41) is 2.88. The summed E-state index contributed by atoms with van der Waals surface area (Å²) in [4.78, 5) is 28.0. The molecule has 214 valence electrons. The normalized spacial score (nSPS) is 12.1. The molecule has 2 amide bonds. The minimum absolute atomic E-state index is 0.166. The van der Waals surface area contributed by atoms with Crippen molar-refractivity contribution in [2.24, 2.45) is 5.92 Å². The summed E-state index contributed by atoms with van der Waals surface area (Å²) in [6, 6.07) is 23.1. The zero-order chi connectivity index (χ0) is 29.3. The lowest BCUT2D eigenvalue weighted by atomic mass is 10.1. The van der Waals surface area contributed by atoms with E-state index in [1.807, 2.05) is 75.4 Å². The number of nitrogens with one attached hydrogen (secondary N) is 1. The number of sulfonamides is 1. The van der Waals surface area contributed by atoms with Crippen LogP contribution in [0.3, 0.4) is 0 Å². The maximum atomic E-state index is 13.7. The minimum atomic E-state index is -3.82. The zero-order valence-electron chi connectivity index (χ0n) is 23.8. The summed E-state index contributed by atoms with van der Waals surface area (Å²) in [6.07, 6.45) is 1.06. The number of ether oxygens (including phenoxy) is 1. The molecule has 0 heterocycles. The molecule has 3 aromatic carbocycles. The molecule has 0 saturated heterocycles. The quantitative estimate of drug-likeness (QED) is 0.329. The second kappa shape index (κ2) is 14.0. The van der Waals surface area contributed by atoms with Crippen molar-refractivity contribution in [1.29, 1.82) is 0 Å². The van der Waals surface area contributed by atoms with E-state index in [0.717, 1.165) is 27.3 Å². The molecule has 0 aliphatic carbocycles. The van der Waals surface area contributed by atoms with Gasteiger partial charge in [-0.25, -0.2) is 8.42 Å². The van der Waals surface area contributed by atoms with Gasteiger partial charge in [-0.2, -0.15) is 0 Å². The third kappa shape index (κ3) is 9.12. The van der Waals surface area contributed by atoms with E-state index in [9.17, 15) is 18.0 Å². The molecule has 1 N–H and O–H groups in total. The first-order chi connectivity index (χ1) is 18.9. The van der Waals surface area contributed by atoms with Crippen LogP contribution >= 0.6 is 0 Å². The molecule has 0 radical (unpaired) electrons. The maximum Gasteiger partial charge on any atom is 0.244 e. The molecule has 3 aromatic rings. The SMILES string of the molecule is Cc1ccc(CN(C(=O)CN(c2ccc(OCc3ccccc3)cc2)S(C)(=O)=O)C(C)C(=O)NCC(C)C)cc1. The van der Waals surface area contributed by atoms with Crippen molar-refractivity contribution in [3.8, 4) is 5.75 Å². The van der Waals surface area contributed by atoms with Crippen molar-refractivity contribution in [2.75, 3.05) is 23.7 Å². The first kappa shape index (κ1) is 30.7. The Balaban J connectivity index is 1.80. The van der Waals surface area contributed by atoms with Gasteiger partial charge < -0.3 is 15.0 Å². The van der Waals surface area contributed by atoms with Gasteiger partial charge in [0.15, 0.2) is 0 Å². The monoisotopic (exact) mass is 565 g/mol. The number of benzene rings is 3. The van der Waals surface area contributed by atoms with Crippen LogP contribution in [-0.4, -0.2) is 50.5 Å².